The molecule has 0 unspecified atom stereocenters. The van der Waals surface area contributed by atoms with E-state index in [9.17, 15) is 9.59 Å². The van der Waals surface area contributed by atoms with Gasteiger partial charge in [-0.05, 0) is 24.3 Å². The molecule has 0 fully saturated rings. The van der Waals surface area contributed by atoms with Crippen LogP contribution in [0.1, 0.15) is 16.1 Å². The number of carbonyl (C=O) groups excluding carboxylic acids is 2. The Bertz CT molecular complexity index is 896. The van der Waals surface area contributed by atoms with Gasteiger partial charge < -0.3 is 15.1 Å². The zero-order chi connectivity index (χ0) is 17.6. The van der Waals surface area contributed by atoms with Gasteiger partial charge in [-0.3, -0.25) is 14.3 Å². The third kappa shape index (κ3) is 4.23. The molecule has 126 valence electrons. The number of amides is 2. The lowest BCUT2D eigenvalue weighted by molar-refractivity contribution is -0.113. The molecular formula is C18H16N4O3. The number of aromatic nitrogens is 2. The lowest BCUT2D eigenvalue weighted by Gasteiger charge is -2.09. The van der Waals surface area contributed by atoms with Gasteiger partial charge >= 0.3 is 0 Å². The maximum Gasteiger partial charge on any atom is 0.273 e. The van der Waals surface area contributed by atoms with E-state index in [2.05, 4.69) is 15.7 Å². The number of anilines is 1. The molecule has 0 saturated carbocycles. The van der Waals surface area contributed by atoms with Crippen LogP contribution in [0.25, 0.3) is 6.08 Å². The van der Waals surface area contributed by atoms with Crippen molar-refractivity contribution in [3.63, 3.8) is 0 Å². The number of rotatable bonds is 5. The molecule has 1 aromatic carbocycles. The molecule has 25 heavy (non-hydrogen) atoms. The lowest BCUT2D eigenvalue weighted by Crippen LogP contribution is -2.30. The van der Waals surface area contributed by atoms with Crippen molar-refractivity contribution in [1.82, 2.24) is 15.1 Å². The summed E-state index contributed by atoms with van der Waals surface area (Å²) in [5.74, 6) is -0.0692. The van der Waals surface area contributed by atoms with E-state index in [0.717, 1.165) is 0 Å². The van der Waals surface area contributed by atoms with E-state index in [1.54, 1.807) is 60.4 Å². The van der Waals surface area contributed by atoms with Gasteiger partial charge in [0.15, 0.2) is 5.82 Å². The number of hydrogen-bond acceptors (Lipinski definition) is 4. The van der Waals surface area contributed by atoms with Crippen molar-refractivity contribution in [2.75, 3.05) is 5.32 Å². The topological polar surface area (TPSA) is 89.2 Å². The van der Waals surface area contributed by atoms with Crippen molar-refractivity contribution in [3.8, 4) is 0 Å². The molecule has 2 N–H and O–H groups in total. The fraction of sp³-hybridized carbons (Fsp3) is 0.0556. The largest absolute Gasteiger partial charge is 0.465 e. The van der Waals surface area contributed by atoms with E-state index in [1.165, 1.54) is 12.3 Å². The molecule has 3 rings (SSSR count). The average molecular weight is 336 g/mol. The minimum Gasteiger partial charge on any atom is -0.465 e. The fourth-order valence-corrected chi connectivity index (χ4v) is 2.12. The Morgan fingerprint density at radius 1 is 1.12 bits per heavy atom. The second-order valence-electron chi connectivity index (χ2n) is 5.22. The summed E-state index contributed by atoms with van der Waals surface area (Å²) in [6, 6.07) is 13.7. The zero-order valence-electron chi connectivity index (χ0n) is 13.5. The molecule has 0 aliphatic carbocycles. The molecular weight excluding hydrogens is 320 g/mol. The maximum absolute atomic E-state index is 12.5. The van der Waals surface area contributed by atoms with Crippen LogP contribution < -0.4 is 10.6 Å². The average Bonchev–Trinajstić information content (AvgIpc) is 3.26. The number of carbonyl (C=O) groups is 2. The predicted molar refractivity (Wildman–Crippen MR) is 92.4 cm³/mol. The summed E-state index contributed by atoms with van der Waals surface area (Å²) in [7, 11) is 1.74. The Morgan fingerprint density at radius 3 is 2.56 bits per heavy atom. The van der Waals surface area contributed by atoms with Crippen LogP contribution in [0.4, 0.5) is 5.82 Å². The van der Waals surface area contributed by atoms with Gasteiger partial charge in [-0.1, -0.05) is 18.2 Å². The number of furan rings is 1. The lowest BCUT2D eigenvalue weighted by atomic mass is 10.2. The first-order valence-corrected chi connectivity index (χ1v) is 7.54. The molecule has 3 aromatic rings. The molecule has 0 aliphatic rings. The van der Waals surface area contributed by atoms with E-state index in [0.29, 0.717) is 17.1 Å². The SMILES string of the molecule is Cn1ccc(NC(=O)C(=Cc2ccco2)NC(=O)c2ccccc2)n1. The summed E-state index contributed by atoms with van der Waals surface area (Å²) >= 11 is 0. The molecule has 0 spiro atoms. The van der Waals surface area contributed by atoms with Crippen LogP contribution in [0.15, 0.2) is 71.1 Å². The summed E-state index contributed by atoms with van der Waals surface area (Å²) in [5, 5.41) is 9.34. The van der Waals surface area contributed by atoms with Crippen LogP contribution >= 0.6 is 0 Å². The quantitative estimate of drug-likeness (QED) is 0.700. The van der Waals surface area contributed by atoms with Gasteiger partial charge in [0.2, 0.25) is 0 Å². The third-order valence-electron chi connectivity index (χ3n) is 3.31. The summed E-state index contributed by atoms with van der Waals surface area (Å²) in [4.78, 5) is 24.9. The van der Waals surface area contributed by atoms with Crippen molar-refractivity contribution in [2.24, 2.45) is 7.05 Å². The summed E-state index contributed by atoms with van der Waals surface area (Å²) < 4.78 is 6.79. The highest BCUT2D eigenvalue weighted by Gasteiger charge is 2.16. The molecule has 0 radical (unpaired) electrons. The minimum atomic E-state index is -0.501. The maximum atomic E-state index is 12.5. The van der Waals surface area contributed by atoms with Crippen molar-refractivity contribution in [1.29, 1.82) is 0 Å². The summed E-state index contributed by atoms with van der Waals surface area (Å²) in [5.41, 5.74) is 0.493. The Hall–Kier alpha value is -3.61. The van der Waals surface area contributed by atoms with Gasteiger partial charge in [-0.2, -0.15) is 5.10 Å². The first-order chi connectivity index (χ1) is 12.1. The van der Waals surface area contributed by atoms with Crippen molar-refractivity contribution >= 4 is 23.7 Å². The summed E-state index contributed by atoms with van der Waals surface area (Å²) in [6.45, 7) is 0. The highest BCUT2D eigenvalue weighted by Crippen LogP contribution is 2.10. The molecule has 2 heterocycles. The van der Waals surface area contributed by atoms with Crippen LogP contribution in [0, 0.1) is 0 Å². The number of hydrogen-bond donors (Lipinski definition) is 2. The van der Waals surface area contributed by atoms with Crippen LogP contribution in [0.5, 0.6) is 0 Å². The van der Waals surface area contributed by atoms with E-state index in [-0.39, 0.29) is 5.70 Å². The Morgan fingerprint density at radius 2 is 1.92 bits per heavy atom. The highest BCUT2D eigenvalue weighted by molar-refractivity contribution is 6.10. The van der Waals surface area contributed by atoms with E-state index in [4.69, 9.17) is 4.42 Å². The molecule has 0 atom stereocenters. The van der Waals surface area contributed by atoms with Gasteiger partial charge in [-0.25, -0.2) is 0 Å². The van der Waals surface area contributed by atoms with Crippen molar-refractivity contribution in [3.05, 3.63) is 78.0 Å². The Balaban J connectivity index is 1.82. The molecule has 7 nitrogen and oxygen atoms in total. The number of nitrogens with zero attached hydrogens (tertiary/aromatic N) is 2. The van der Waals surface area contributed by atoms with Crippen LogP contribution in [0.3, 0.4) is 0 Å². The highest BCUT2D eigenvalue weighted by atomic mass is 16.3. The number of nitrogens with one attached hydrogen (secondary N) is 2. The second-order valence-corrected chi connectivity index (χ2v) is 5.22. The van der Waals surface area contributed by atoms with E-state index < -0.39 is 11.8 Å². The summed E-state index contributed by atoms with van der Waals surface area (Å²) in [6.07, 6.45) is 4.65. The van der Waals surface area contributed by atoms with Gasteiger partial charge in [0.1, 0.15) is 11.5 Å². The molecule has 0 bridgehead atoms. The molecule has 0 saturated heterocycles. The number of aryl methyl sites for hydroxylation is 1. The number of benzene rings is 1. The van der Waals surface area contributed by atoms with Crippen LogP contribution in [-0.2, 0) is 11.8 Å². The van der Waals surface area contributed by atoms with Gasteiger partial charge in [0.05, 0.1) is 6.26 Å². The molecule has 7 heteroatoms. The van der Waals surface area contributed by atoms with E-state index in [1.807, 2.05) is 6.07 Å². The predicted octanol–water partition coefficient (Wildman–Crippen LogP) is 2.42. The molecule has 2 amide bonds. The molecule has 0 aliphatic heterocycles. The second kappa shape index (κ2) is 7.31. The monoisotopic (exact) mass is 336 g/mol. The van der Waals surface area contributed by atoms with E-state index >= 15 is 0 Å². The standard InChI is InChI=1S/C18H16N4O3/c1-22-10-9-16(21-22)20-18(24)15(12-14-8-5-11-25-14)19-17(23)13-6-3-2-4-7-13/h2-12H,1H3,(H,19,23)(H,20,21,24). The van der Waals surface area contributed by atoms with Crippen molar-refractivity contribution in [2.45, 2.75) is 0 Å². The van der Waals surface area contributed by atoms with Crippen molar-refractivity contribution < 1.29 is 14.0 Å². The van der Waals surface area contributed by atoms with Gasteiger partial charge in [0.25, 0.3) is 11.8 Å². The van der Waals surface area contributed by atoms with Crippen LogP contribution in [-0.4, -0.2) is 21.6 Å². The Labute approximate surface area is 144 Å². The minimum absolute atomic E-state index is 0.0504. The van der Waals surface area contributed by atoms with Gasteiger partial charge in [0, 0.05) is 31.0 Å². The Kier molecular flexibility index (Phi) is 4.75. The fourth-order valence-electron chi connectivity index (χ4n) is 2.12. The molecule has 2 aromatic heterocycles. The first-order valence-electron chi connectivity index (χ1n) is 7.54. The van der Waals surface area contributed by atoms with Crippen LogP contribution in [0.2, 0.25) is 0 Å². The first kappa shape index (κ1) is 16.3. The smallest absolute Gasteiger partial charge is 0.273 e. The zero-order valence-corrected chi connectivity index (χ0v) is 13.5. The normalized spacial score (nSPS) is 11.2. The van der Waals surface area contributed by atoms with Gasteiger partial charge in [-0.15, -0.1) is 0 Å². The third-order valence-corrected chi connectivity index (χ3v) is 3.31.